The van der Waals surface area contributed by atoms with Crippen LogP contribution in [0.5, 0.6) is 0 Å². The molecule has 2 fully saturated rings. The Morgan fingerprint density at radius 3 is 2.60 bits per heavy atom. The van der Waals surface area contributed by atoms with Crippen LogP contribution in [0.15, 0.2) is 0 Å². The number of nitrogens with zero attached hydrogens (tertiary/aromatic N) is 1. The Hall–Kier alpha value is -0.0500. The summed E-state index contributed by atoms with van der Waals surface area (Å²) in [6.45, 7) is 6.20. The lowest BCUT2D eigenvalue weighted by Gasteiger charge is -2.35. The molecule has 1 heterocycles. The zero-order chi connectivity index (χ0) is 11.0. The van der Waals surface area contributed by atoms with Gasteiger partial charge in [-0.2, -0.15) is 0 Å². The molecule has 1 saturated heterocycles. The zero-order valence-electron chi connectivity index (χ0n) is 9.58. The molecule has 0 N–H and O–H groups in total. The van der Waals surface area contributed by atoms with Gasteiger partial charge in [0.25, 0.3) is 0 Å². The standard InChI is InChI=1S/C12H20BrNO/c1-8-7-14(6-5-11(8)13)12(15)9(2)10-3-4-10/h8-11H,3-7H2,1-2H3. The van der Waals surface area contributed by atoms with Gasteiger partial charge in [0.05, 0.1) is 0 Å². The number of hydrogen-bond donors (Lipinski definition) is 0. The molecule has 0 aromatic carbocycles. The number of piperidine rings is 1. The molecule has 0 radical (unpaired) electrons. The fourth-order valence-corrected chi connectivity index (χ4v) is 2.77. The van der Waals surface area contributed by atoms with Gasteiger partial charge in [0.15, 0.2) is 0 Å². The number of rotatable bonds is 2. The molecule has 1 aliphatic carbocycles. The largest absolute Gasteiger partial charge is 0.342 e. The SMILES string of the molecule is CC1CN(C(=O)C(C)C2CC2)CCC1Br. The molecule has 0 aromatic heterocycles. The van der Waals surface area contributed by atoms with E-state index in [-0.39, 0.29) is 5.92 Å². The van der Waals surface area contributed by atoms with Gasteiger partial charge in [-0.05, 0) is 31.1 Å². The maximum Gasteiger partial charge on any atom is 0.225 e. The first-order chi connectivity index (χ1) is 7.09. The number of likely N-dealkylation sites (tertiary alicyclic amines) is 1. The van der Waals surface area contributed by atoms with E-state index in [4.69, 9.17) is 0 Å². The van der Waals surface area contributed by atoms with E-state index in [1.54, 1.807) is 0 Å². The molecule has 0 spiro atoms. The highest BCUT2D eigenvalue weighted by atomic mass is 79.9. The topological polar surface area (TPSA) is 20.3 Å². The molecule has 3 unspecified atom stereocenters. The van der Waals surface area contributed by atoms with Gasteiger partial charge in [-0.1, -0.05) is 29.8 Å². The first kappa shape index (κ1) is 11.4. The van der Waals surface area contributed by atoms with Crippen molar-refractivity contribution in [3.63, 3.8) is 0 Å². The molecule has 1 saturated carbocycles. The van der Waals surface area contributed by atoms with Crippen molar-refractivity contribution in [3.05, 3.63) is 0 Å². The van der Waals surface area contributed by atoms with Gasteiger partial charge in [0.1, 0.15) is 0 Å². The summed E-state index contributed by atoms with van der Waals surface area (Å²) < 4.78 is 0. The summed E-state index contributed by atoms with van der Waals surface area (Å²) in [5.74, 6) is 1.94. The van der Waals surface area contributed by atoms with Crippen LogP contribution in [0.1, 0.15) is 33.1 Å². The van der Waals surface area contributed by atoms with Crippen LogP contribution in [0.2, 0.25) is 0 Å². The van der Waals surface area contributed by atoms with Crippen molar-refractivity contribution in [2.75, 3.05) is 13.1 Å². The van der Waals surface area contributed by atoms with Crippen LogP contribution < -0.4 is 0 Å². The van der Waals surface area contributed by atoms with Gasteiger partial charge in [0.2, 0.25) is 5.91 Å². The third-order valence-corrected chi connectivity index (χ3v) is 5.19. The summed E-state index contributed by atoms with van der Waals surface area (Å²) in [5, 5.41) is 0. The van der Waals surface area contributed by atoms with Crippen molar-refractivity contribution in [2.45, 2.75) is 37.9 Å². The van der Waals surface area contributed by atoms with Crippen LogP contribution >= 0.6 is 15.9 Å². The second-order valence-corrected chi connectivity index (χ2v) is 6.37. The first-order valence-corrected chi connectivity index (χ1v) is 6.94. The third-order valence-electron chi connectivity index (χ3n) is 3.83. The number of alkyl halides is 1. The van der Waals surface area contributed by atoms with Gasteiger partial charge < -0.3 is 4.90 Å². The number of carbonyl (C=O) groups excluding carboxylic acids is 1. The molecule has 2 aliphatic rings. The Morgan fingerprint density at radius 2 is 2.07 bits per heavy atom. The van der Waals surface area contributed by atoms with Crippen molar-refractivity contribution < 1.29 is 4.79 Å². The normalized spacial score (nSPS) is 33.9. The Balaban J connectivity index is 1.90. The summed E-state index contributed by atoms with van der Waals surface area (Å²) in [6, 6.07) is 0. The number of hydrogen-bond acceptors (Lipinski definition) is 1. The molecule has 1 aliphatic heterocycles. The predicted molar refractivity (Wildman–Crippen MR) is 65.0 cm³/mol. The van der Waals surface area contributed by atoms with Crippen molar-refractivity contribution in [1.29, 1.82) is 0 Å². The predicted octanol–water partition coefficient (Wildman–Crippen LogP) is 2.66. The molecule has 3 atom stereocenters. The van der Waals surface area contributed by atoms with E-state index >= 15 is 0 Å². The van der Waals surface area contributed by atoms with Gasteiger partial charge in [-0.25, -0.2) is 0 Å². The molecule has 0 bridgehead atoms. The van der Waals surface area contributed by atoms with Crippen molar-refractivity contribution >= 4 is 21.8 Å². The summed E-state index contributed by atoms with van der Waals surface area (Å²) in [4.78, 5) is 14.8. The summed E-state index contributed by atoms with van der Waals surface area (Å²) >= 11 is 3.67. The maximum absolute atomic E-state index is 12.1. The third kappa shape index (κ3) is 2.55. The fraction of sp³-hybridized carbons (Fsp3) is 0.917. The highest BCUT2D eigenvalue weighted by Gasteiger charge is 2.36. The number of amides is 1. The average Bonchev–Trinajstić information content (AvgIpc) is 3.03. The lowest BCUT2D eigenvalue weighted by Crippen LogP contribution is -2.45. The Labute approximate surface area is 101 Å². The second-order valence-electron chi connectivity index (χ2n) is 5.19. The minimum Gasteiger partial charge on any atom is -0.342 e. The van der Waals surface area contributed by atoms with E-state index in [0.29, 0.717) is 22.6 Å². The van der Waals surface area contributed by atoms with Gasteiger partial charge >= 0.3 is 0 Å². The molecule has 2 rings (SSSR count). The Kier molecular flexibility index (Phi) is 3.39. The Morgan fingerprint density at radius 1 is 1.40 bits per heavy atom. The van der Waals surface area contributed by atoms with E-state index < -0.39 is 0 Å². The van der Waals surface area contributed by atoms with Crippen LogP contribution in [-0.2, 0) is 4.79 Å². The molecule has 15 heavy (non-hydrogen) atoms. The smallest absolute Gasteiger partial charge is 0.225 e. The highest BCUT2D eigenvalue weighted by molar-refractivity contribution is 9.09. The molecular weight excluding hydrogens is 254 g/mol. The lowest BCUT2D eigenvalue weighted by molar-refractivity contribution is -0.137. The van der Waals surface area contributed by atoms with E-state index in [9.17, 15) is 4.79 Å². The molecule has 1 amide bonds. The van der Waals surface area contributed by atoms with E-state index in [1.807, 2.05) is 0 Å². The molecule has 2 nitrogen and oxygen atoms in total. The summed E-state index contributed by atoms with van der Waals surface area (Å²) in [5.41, 5.74) is 0. The van der Waals surface area contributed by atoms with Crippen LogP contribution in [0.3, 0.4) is 0 Å². The van der Waals surface area contributed by atoms with Gasteiger partial charge in [-0.3, -0.25) is 4.79 Å². The first-order valence-electron chi connectivity index (χ1n) is 6.02. The van der Waals surface area contributed by atoms with Crippen LogP contribution in [-0.4, -0.2) is 28.7 Å². The monoisotopic (exact) mass is 273 g/mol. The van der Waals surface area contributed by atoms with Gasteiger partial charge in [-0.15, -0.1) is 0 Å². The van der Waals surface area contributed by atoms with Crippen LogP contribution in [0.4, 0.5) is 0 Å². The number of carbonyl (C=O) groups is 1. The van der Waals surface area contributed by atoms with Crippen molar-refractivity contribution in [1.82, 2.24) is 4.90 Å². The summed E-state index contributed by atoms with van der Waals surface area (Å²) in [7, 11) is 0. The van der Waals surface area contributed by atoms with Crippen molar-refractivity contribution in [2.24, 2.45) is 17.8 Å². The fourth-order valence-electron chi connectivity index (χ4n) is 2.40. The molecular formula is C12H20BrNO. The highest BCUT2D eigenvalue weighted by Crippen LogP contribution is 2.38. The lowest BCUT2D eigenvalue weighted by atomic mass is 9.97. The van der Waals surface area contributed by atoms with Crippen LogP contribution in [0.25, 0.3) is 0 Å². The molecule has 0 aromatic rings. The zero-order valence-corrected chi connectivity index (χ0v) is 11.2. The maximum atomic E-state index is 12.1. The van der Waals surface area contributed by atoms with Crippen LogP contribution in [0, 0.1) is 17.8 Å². The molecule has 3 heteroatoms. The van der Waals surface area contributed by atoms with Gasteiger partial charge in [0, 0.05) is 23.8 Å². The second kappa shape index (κ2) is 4.44. The molecule has 86 valence electrons. The minimum absolute atomic E-state index is 0.268. The quantitative estimate of drug-likeness (QED) is 0.709. The van der Waals surface area contributed by atoms with E-state index in [2.05, 4.69) is 34.7 Å². The average molecular weight is 274 g/mol. The van der Waals surface area contributed by atoms with E-state index in [1.165, 1.54) is 12.8 Å². The van der Waals surface area contributed by atoms with Crippen molar-refractivity contribution in [3.8, 4) is 0 Å². The Bertz CT molecular complexity index is 252. The minimum atomic E-state index is 0.268. The number of halogens is 1. The summed E-state index contributed by atoms with van der Waals surface area (Å²) in [6.07, 6.45) is 3.62. The van der Waals surface area contributed by atoms with E-state index in [0.717, 1.165) is 19.5 Å².